The molecule has 0 aliphatic heterocycles. The largest absolute Gasteiger partial charge is 0.463 e. The van der Waals surface area contributed by atoms with Crippen LogP contribution in [0.15, 0.2) is 0 Å². The van der Waals surface area contributed by atoms with Crippen molar-refractivity contribution in [3.05, 3.63) is 0 Å². The maximum atomic E-state index is 11.7. The molecule has 0 radical (unpaired) electrons. The summed E-state index contributed by atoms with van der Waals surface area (Å²) in [6, 6.07) is 0. The van der Waals surface area contributed by atoms with Crippen molar-refractivity contribution < 1.29 is 23.9 Å². The minimum atomic E-state index is -0.860. The highest BCUT2D eigenvalue weighted by Crippen LogP contribution is 2.34. The fourth-order valence-corrected chi connectivity index (χ4v) is 4.37. The molecule has 1 saturated carbocycles. The van der Waals surface area contributed by atoms with Crippen LogP contribution in [-0.4, -0.2) is 36.6 Å². The zero-order chi connectivity index (χ0) is 21.7. The topological polar surface area (TPSA) is 81.7 Å². The lowest BCUT2D eigenvalue weighted by atomic mass is 9.78. The van der Waals surface area contributed by atoms with Crippen molar-refractivity contribution in [2.45, 2.75) is 104 Å². The molecule has 0 aromatic carbocycles. The van der Waals surface area contributed by atoms with E-state index in [1.807, 2.05) is 0 Å². The summed E-state index contributed by atoms with van der Waals surface area (Å²) in [6.07, 6.45) is 13.1. The molecule has 0 spiro atoms. The summed E-state index contributed by atoms with van der Waals surface area (Å²) in [6.45, 7) is 6.38. The third-order valence-electron chi connectivity index (χ3n) is 5.99. The second-order valence-corrected chi connectivity index (χ2v) is 8.80. The van der Waals surface area contributed by atoms with E-state index in [1.165, 1.54) is 72.1 Å². The van der Waals surface area contributed by atoms with E-state index in [2.05, 4.69) is 12.2 Å². The molecule has 0 saturated heterocycles. The van der Waals surface area contributed by atoms with E-state index in [0.29, 0.717) is 6.42 Å². The maximum Gasteiger partial charge on any atom is 0.302 e. The Morgan fingerprint density at radius 2 is 1.31 bits per heavy atom. The van der Waals surface area contributed by atoms with Gasteiger partial charge in [0.05, 0.1) is 0 Å². The Kier molecular flexibility index (Phi) is 11.9. The summed E-state index contributed by atoms with van der Waals surface area (Å²) in [4.78, 5) is 34.3. The van der Waals surface area contributed by atoms with Gasteiger partial charge in [0.1, 0.15) is 18.8 Å². The third-order valence-corrected chi connectivity index (χ3v) is 5.99. The molecular weight excluding hydrogens is 370 g/mol. The van der Waals surface area contributed by atoms with Gasteiger partial charge in [0.2, 0.25) is 5.91 Å². The van der Waals surface area contributed by atoms with Crippen molar-refractivity contribution >= 4 is 17.8 Å². The number of ether oxygens (including phenoxy) is 2. The van der Waals surface area contributed by atoms with E-state index in [4.69, 9.17) is 9.47 Å². The number of hydrogen-bond acceptors (Lipinski definition) is 5. The van der Waals surface area contributed by atoms with Crippen LogP contribution < -0.4 is 5.32 Å². The highest BCUT2D eigenvalue weighted by atomic mass is 16.5. The Labute approximate surface area is 176 Å². The number of nitrogens with one attached hydrogen (secondary N) is 1. The molecule has 168 valence electrons. The van der Waals surface area contributed by atoms with E-state index in [1.54, 1.807) is 0 Å². The number of amides is 1. The van der Waals surface area contributed by atoms with Crippen molar-refractivity contribution in [1.82, 2.24) is 5.32 Å². The van der Waals surface area contributed by atoms with Gasteiger partial charge in [-0.2, -0.15) is 0 Å². The van der Waals surface area contributed by atoms with Crippen LogP contribution in [-0.2, 0) is 23.9 Å². The lowest BCUT2D eigenvalue weighted by Crippen LogP contribution is -2.55. The molecule has 0 bridgehead atoms. The Balaban J connectivity index is 2.50. The molecule has 0 aromatic rings. The van der Waals surface area contributed by atoms with Crippen LogP contribution in [0.1, 0.15) is 98.3 Å². The minimum Gasteiger partial charge on any atom is -0.463 e. The van der Waals surface area contributed by atoms with Crippen molar-refractivity contribution in [3.63, 3.8) is 0 Å². The molecule has 0 atom stereocenters. The first kappa shape index (κ1) is 25.4. The molecule has 1 N–H and O–H groups in total. The fourth-order valence-electron chi connectivity index (χ4n) is 4.37. The quantitative estimate of drug-likeness (QED) is 0.355. The molecule has 6 heteroatoms. The van der Waals surface area contributed by atoms with Crippen molar-refractivity contribution in [2.24, 2.45) is 11.8 Å². The van der Waals surface area contributed by atoms with Crippen LogP contribution in [0, 0.1) is 11.8 Å². The van der Waals surface area contributed by atoms with E-state index in [0.717, 1.165) is 24.7 Å². The van der Waals surface area contributed by atoms with Gasteiger partial charge in [0.25, 0.3) is 0 Å². The molecule has 0 aromatic heterocycles. The van der Waals surface area contributed by atoms with E-state index in [-0.39, 0.29) is 19.1 Å². The Morgan fingerprint density at radius 1 is 0.828 bits per heavy atom. The zero-order valence-electron chi connectivity index (χ0n) is 18.9. The van der Waals surface area contributed by atoms with Gasteiger partial charge in [-0.05, 0) is 18.3 Å². The number of unbranched alkanes of at least 4 members (excludes halogenated alkanes) is 2. The second kappa shape index (κ2) is 13.6. The maximum absolute atomic E-state index is 11.7. The summed E-state index contributed by atoms with van der Waals surface area (Å²) in [7, 11) is 0. The molecule has 0 unspecified atom stereocenters. The lowest BCUT2D eigenvalue weighted by molar-refractivity contribution is -0.150. The number of carbonyl (C=O) groups excluding carboxylic acids is 3. The molecule has 29 heavy (non-hydrogen) atoms. The highest BCUT2D eigenvalue weighted by molar-refractivity contribution is 5.74. The van der Waals surface area contributed by atoms with Gasteiger partial charge >= 0.3 is 11.9 Å². The number of esters is 2. The van der Waals surface area contributed by atoms with Crippen molar-refractivity contribution in [2.75, 3.05) is 13.2 Å². The molecule has 1 amide bonds. The first-order valence-corrected chi connectivity index (χ1v) is 11.3. The SMILES string of the molecule is CCCCC1CCC(CCCCC(COC(C)=O)(COC(C)=O)NC(C)=O)CC1. The van der Waals surface area contributed by atoms with Gasteiger partial charge in [-0.25, -0.2) is 0 Å². The normalized spacial score (nSPS) is 19.4. The van der Waals surface area contributed by atoms with E-state index >= 15 is 0 Å². The average molecular weight is 412 g/mol. The Hall–Kier alpha value is -1.59. The third kappa shape index (κ3) is 11.2. The average Bonchev–Trinajstić information content (AvgIpc) is 2.67. The smallest absolute Gasteiger partial charge is 0.302 e. The minimum absolute atomic E-state index is 0.0116. The van der Waals surface area contributed by atoms with Crippen LogP contribution >= 0.6 is 0 Å². The Bertz CT molecular complexity index is 493. The molecule has 0 heterocycles. The van der Waals surface area contributed by atoms with E-state index in [9.17, 15) is 14.4 Å². The summed E-state index contributed by atoms with van der Waals surface area (Å²) < 4.78 is 10.4. The predicted octanol–water partition coefficient (Wildman–Crippen LogP) is 4.54. The number of carbonyl (C=O) groups is 3. The fraction of sp³-hybridized carbons (Fsp3) is 0.870. The van der Waals surface area contributed by atoms with Gasteiger partial charge < -0.3 is 14.8 Å². The molecule has 1 rings (SSSR count). The molecule has 1 aliphatic carbocycles. The summed E-state index contributed by atoms with van der Waals surface area (Å²) in [5, 5.41) is 2.87. The monoisotopic (exact) mass is 411 g/mol. The molecule has 1 fully saturated rings. The van der Waals surface area contributed by atoms with Crippen LogP contribution in [0.2, 0.25) is 0 Å². The molecular formula is C23H41NO5. The van der Waals surface area contributed by atoms with Crippen molar-refractivity contribution in [1.29, 1.82) is 0 Å². The number of hydrogen-bond donors (Lipinski definition) is 1. The standard InChI is InChI=1S/C23H41NO5/c1-5-6-9-21-11-13-22(14-12-21)10-7-8-15-23(24-18(2)25,16-28-19(3)26)17-29-20(4)27/h21-22H,5-17H2,1-4H3,(H,24,25). The van der Waals surface area contributed by atoms with Gasteiger partial charge in [-0.3, -0.25) is 14.4 Å². The van der Waals surface area contributed by atoms with Crippen LogP contribution in [0.5, 0.6) is 0 Å². The first-order valence-electron chi connectivity index (χ1n) is 11.3. The Morgan fingerprint density at radius 3 is 1.72 bits per heavy atom. The van der Waals surface area contributed by atoms with Crippen LogP contribution in [0.4, 0.5) is 0 Å². The summed E-state index contributed by atoms with van der Waals surface area (Å²) in [5.41, 5.74) is -0.860. The molecule has 1 aliphatic rings. The first-order chi connectivity index (χ1) is 13.8. The van der Waals surface area contributed by atoms with Gasteiger partial charge in [0, 0.05) is 20.8 Å². The highest BCUT2D eigenvalue weighted by Gasteiger charge is 2.34. The van der Waals surface area contributed by atoms with Gasteiger partial charge in [0.15, 0.2) is 0 Å². The molecule has 6 nitrogen and oxygen atoms in total. The van der Waals surface area contributed by atoms with Crippen LogP contribution in [0.25, 0.3) is 0 Å². The second-order valence-electron chi connectivity index (χ2n) is 8.80. The van der Waals surface area contributed by atoms with Crippen molar-refractivity contribution in [3.8, 4) is 0 Å². The van der Waals surface area contributed by atoms with E-state index < -0.39 is 17.5 Å². The summed E-state index contributed by atoms with van der Waals surface area (Å²) >= 11 is 0. The van der Waals surface area contributed by atoms with Crippen LogP contribution in [0.3, 0.4) is 0 Å². The lowest BCUT2D eigenvalue weighted by Gasteiger charge is -2.33. The summed E-state index contributed by atoms with van der Waals surface area (Å²) in [5.74, 6) is 0.663. The zero-order valence-corrected chi connectivity index (χ0v) is 18.9. The van der Waals surface area contributed by atoms with Gasteiger partial charge in [-0.15, -0.1) is 0 Å². The van der Waals surface area contributed by atoms with Gasteiger partial charge in [-0.1, -0.05) is 71.1 Å². The number of rotatable bonds is 13. The predicted molar refractivity (Wildman–Crippen MR) is 113 cm³/mol.